The average Bonchev–Trinajstić information content (AvgIpc) is 2.60. The van der Waals surface area contributed by atoms with E-state index in [2.05, 4.69) is 4.90 Å². The molecular formula is C20H22F3NO3S. The standard InChI is InChI=1S/C20H22F3NO3S/c1-12-5-7-15(8-6-12)18-13(2)17-11-24(4)10-9-16(17)14(3)19(18)27-28(25,26)20(21,22)23/h5-8H,9-11H2,1-4H3. The Bertz CT molecular complexity index is 1010. The Balaban J connectivity index is 2.30. The smallest absolute Gasteiger partial charge is 0.375 e. The number of likely N-dealkylation sites (N-methyl/N-ethyl adjacent to an activating group) is 1. The van der Waals surface area contributed by atoms with Gasteiger partial charge in [-0.05, 0) is 62.1 Å². The van der Waals surface area contributed by atoms with Gasteiger partial charge in [0.1, 0.15) is 0 Å². The number of hydrogen-bond acceptors (Lipinski definition) is 4. The van der Waals surface area contributed by atoms with E-state index in [4.69, 9.17) is 4.18 Å². The van der Waals surface area contributed by atoms with E-state index in [1.54, 1.807) is 26.0 Å². The highest BCUT2D eigenvalue weighted by molar-refractivity contribution is 7.88. The third-order valence-electron chi connectivity index (χ3n) is 5.20. The van der Waals surface area contributed by atoms with Gasteiger partial charge in [0.05, 0.1) is 0 Å². The molecule has 0 amide bonds. The molecule has 0 aliphatic carbocycles. The fourth-order valence-corrected chi connectivity index (χ4v) is 4.15. The van der Waals surface area contributed by atoms with E-state index in [-0.39, 0.29) is 5.75 Å². The minimum atomic E-state index is -5.78. The summed E-state index contributed by atoms with van der Waals surface area (Å²) in [6, 6.07) is 7.20. The maximum Gasteiger partial charge on any atom is 0.534 e. The molecule has 0 saturated heterocycles. The molecule has 0 radical (unpaired) electrons. The second kappa shape index (κ2) is 7.08. The van der Waals surface area contributed by atoms with Crippen LogP contribution < -0.4 is 4.18 Å². The van der Waals surface area contributed by atoms with Crippen molar-refractivity contribution in [3.8, 4) is 16.9 Å². The van der Waals surface area contributed by atoms with E-state index in [1.807, 2.05) is 26.1 Å². The SMILES string of the molecule is Cc1ccc(-c2c(C)c3c(c(C)c2OS(=O)(=O)C(F)(F)F)CCN(C)C3)cc1. The monoisotopic (exact) mass is 413 g/mol. The van der Waals surface area contributed by atoms with Crippen LogP contribution in [0.5, 0.6) is 5.75 Å². The quantitative estimate of drug-likeness (QED) is 0.549. The fraction of sp³-hybridized carbons (Fsp3) is 0.400. The first kappa shape index (κ1) is 20.7. The van der Waals surface area contributed by atoms with Crippen LogP contribution in [0.4, 0.5) is 13.2 Å². The normalized spacial score (nSPS) is 15.4. The van der Waals surface area contributed by atoms with E-state index in [9.17, 15) is 21.6 Å². The summed E-state index contributed by atoms with van der Waals surface area (Å²) in [4.78, 5) is 2.13. The predicted molar refractivity (Wildman–Crippen MR) is 102 cm³/mol. The van der Waals surface area contributed by atoms with Crippen molar-refractivity contribution in [1.82, 2.24) is 4.90 Å². The lowest BCUT2D eigenvalue weighted by Crippen LogP contribution is -2.30. The Morgan fingerprint density at radius 2 is 1.61 bits per heavy atom. The van der Waals surface area contributed by atoms with Crippen LogP contribution in [-0.4, -0.2) is 32.4 Å². The number of rotatable bonds is 3. The lowest BCUT2D eigenvalue weighted by Gasteiger charge is -2.31. The van der Waals surface area contributed by atoms with Crippen molar-refractivity contribution in [3.63, 3.8) is 0 Å². The molecule has 2 aromatic carbocycles. The van der Waals surface area contributed by atoms with Crippen LogP contribution in [0, 0.1) is 20.8 Å². The number of nitrogens with zero attached hydrogens (tertiary/aromatic N) is 1. The first-order valence-corrected chi connectivity index (χ1v) is 10.2. The summed E-state index contributed by atoms with van der Waals surface area (Å²) in [5.41, 5.74) is -0.443. The van der Waals surface area contributed by atoms with Gasteiger partial charge in [0.15, 0.2) is 5.75 Å². The molecular weight excluding hydrogens is 391 g/mol. The van der Waals surface area contributed by atoms with Gasteiger partial charge in [-0.3, -0.25) is 0 Å². The third-order valence-corrected chi connectivity index (χ3v) is 6.15. The van der Waals surface area contributed by atoms with Crippen LogP contribution in [0.3, 0.4) is 0 Å². The third kappa shape index (κ3) is 3.63. The Labute approximate surface area is 163 Å². The average molecular weight is 413 g/mol. The minimum absolute atomic E-state index is 0.234. The first-order valence-electron chi connectivity index (χ1n) is 8.83. The maximum atomic E-state index is 13.0. The summed E-state index contributed by atoms with van der Waals surface area (Å²) in [7, 11) is -3.80. The van der Waals surface area contributed by atoms with Crippen LogP contribution in [0.2, 0.25) is 0 Å². The van der Waals surface area contributed by atoms with Crippen molar-refractivity contribution < 1.29 is 25.8 Å². The van der Waals surface area contributed by atoms with Crippen LogP contribution in [0.15, 0.2) is 24.3 Å². The molecule has 1 aliphatic heterocycles. The number of fused-ring (bicyclic) bond motifs is 1. The highest BCUT2D eigenvalue weighted by Gasteiger charge is 2.49. The summed E-state index contributed by atoms with van der Waals surface area (Å²) in [5.74, 6) is -0.234. The number of aryl methyl sites for hydroxylation is 1. The number of hydrogen-bond donors (Lipinski definition) is 0. The number of alkyl halides is 3. The zero-order valence-electron chi connectivity index (χ0n) is 16.1. The van der Waals surface area contributed by atoms with Gasteiger partial charge < -0.3 is 9.08 Å². The Morgan fingerprint density at radius 1 is 1.00 bits per heavy atom. The van der Waals surface area contributed by atoms with Crippen LogP contribution >= 0.6 is 0 Å². The summed E-state index contributed by atoms with van der Waals surface area (Å²) >= 11 is 0. The number of benzene rings is 2. The van der Waals surface area contributed by atoms with Gasteiger partial charge in [-0.15, -0.1) is 0 Å². The first-order chi connectivity index (χ1) is 12.9. The van der Waals surface area contributed by atoms with Gasteiger partial charge in [0.2, 0.25) is 0 Å². The molecule has 0 N–H and O–H groups in total. The maximum absolute atomic E-state index is 13.0. The molecule has 1 aliphatic rings. The van der Waals surface area contributed by atoms with Crippen LogP contribution in [-0.2, 0) is 23.1 Å². The lowest BCUT2D eigenvalue weighted by molar-refractivity contribution is -0.0500. The highest BCUT2D eigenvalue weighted by atomic mass is 32.2. The van der Waals surface area contributed by atoms with Crippen molar-refractivity contribution in [2.75, 3.05) is 13.6 Å². The van der Waals surface area contributed by atoms with Crippen molar-refractivity contribution in [3.05, 3.63) is 52.1 Å². The molecule has 0 saturated carbocycles. The topological polar surface area (TPSA) is 46.6 Å². The van der Waals surface area contributed by atoms with Crippen molar-refractivity contribution in [2.45, 2.75) is 39.2 Å². The lowest BCUT2D eigenvalue weighted by atomic mass is 9.85. The molecule has 1 heterocycles. The highest BCUT2D eigenvalue weighted by Crippen LogP contribution is 2.44. The van der Waals surface area contributed by atoms with Crippen LogP contribution in [0.1, 0.15) is 27.8 Å². The fourth-order valence-electron chi connectivity index (χ4n) is 3.63. The van der Waals surface area contributed by atoms with Gasteiger partial charge >= 0.3 is 15.6 Å². The summed E-state index contributed by atoms with van der Waals surface area (Å²) in [5, 5.41) is 0. The molecule has 28 heavy (non-hydrogen) atoms. The predicted octanol–water partition coefficient (Wildman–Crippen LogP) is 4.50. The largest absolute Gasteiger partial charge is 0.534 e. The zero-order chi connectivity index (χ0) is 20.9. The Kier molecular flexibility index (Phi) is 5.22. The second-order valence-electron chi connectivity index (χ2n) is 7.25. The van der Waals surface area contributed by atoms with E-state index >= 15 is 0 Å². The molecule has 8 heteroatoms. The molecule has 3 rings (SSSR count). The molecule has 0 spiro atoms. The van der Waals surface area contributed by atoms with Gasteiger partial charge in [0, 0.05) is 18.7 Å². The summed E-state index contributed by atoms with van der Waals surface area (Å²) < 4.78 is 67.3. The van der Waals surface area contributed by atoms with Gasteiger partial charge in [-0.2, -0.15) is 21.6 Å². The van der Waals surface area contributed by atoms with Crippen molar-refractivity contribution in [1.29, 1.82) is 0 Å². The van der Waals surface area contributed by atoms with E-state index in [0.29, 0.717) is 29.7 Å². The Morgan fingerprint density at radius 3 is 2.18 bits per heavy atom. The van der Waals surface area contributed by atoms with E-state index in [0.717, 1.165) is 28.8 Å². The molecule has 2 aromatic rings. The zero-order valence-corrected chi connectivity index (χ0v) is 17.0. The van der Waals surface area contributed by atoms with Crippen molar-refractivity contribution in [2.24, 2.45) is 0 Å². The van der Waals surface area contributed by atoms with Gasteiger partial charge in [-0.25, -0.2) is 0 Å². The molecule has 0 aromatic heterocycles. The van der Waals surface area contributed by atoms with Gasteiger partial charge in [-0.1, -0.05) is 29.8 Å². The van der Waals surface area contributed by atoms with Crippen LogP contribution in [0.25, 0.3) is 11.1 Å². The minimum Gasteiger partial charge on any atom is -0.375 e. The van der Waals surface area contributed by atoms with Gasteiger partial charge in [0.25, 0.3) is 0 Å². The molecule has 152 valence electrons. The molecule has 0 unspecified atom stereocenters. The van der Waals surface area contributed by atoms with Crippen molar-refractivity contribution >= 4 is 10.1 Å². The molecule has 0 bridgehead atoms. The van der Waals surface area contributed by atoms with E-state index < -0.39 is 15.6 Å². The van der Waals surface area contributed by atoms with E-state index in [1.165, 1.54) is 0 Å². The molecule has 0 atom stereocenters. The molecule has 4 nitrogen and oxygen atoms in total. The summed E-state index contributed by atoms with van der Waals surface area (Å²) in [6.07, 6.45) is 0.620. The summed E-state index contributed by atoms with van der Waals surface area (Å²) in [6.45, 7) is 6.72. The molecule has 0 fully saturated rings. The second-order valence-corrected chi connectivity index (χ2v) is 8.79. The Hall–Kier alpha value is -2.06. The number of halogens is 3.